The van der Waals surface area contributed by atoms with Gasteiger partial charge in [-0.15, -0.1) is 0 Å². The molecule has 0 saturated carbocycles. The number of anilines is 1. The molecule has 3 rings (SSSR count). The van der Waals surface area contributed by atoms with E-state index in [0.29, 0.717) is 32.1 Å². The topological polar surface area (TPSA) is 46.3 Å². The lowest BCUT2D eigenvalue weighted by atomic mass is 10.1. The van der Waals surface area contributed by atoms with E-state index in [-0.39, 0.29) is 18.1 Å². The predicted octanol–water partition coefficient (Wildman–Crippen LogP) is 5.37. The van der Waals surface area contributed by atoms with Gasteiger partial charge in [0.05, 0.1) is 10.6 Å². The fourth-order valence-electron chi connectivity index (χ4n) is 2.68. The van der Waals surface area contributed by atoms with Gasteiger partial charge in [0.2, 0.25) is 5.89 Å². The zero-order valence-corrected chi connectivity index (χ0v) is 14.6. The van der Waals surface area contributed by atoms with Gasteiger partial charge in [-0.25, -0.2) is 4.98 Å². The van der Waals surface area contributed by atoms with Crippen molar-refractivity contribution in [2.24, 2.45) is 0 Å². The van der Waals surface area contributed by atoms with Crippen molar-refractivity contribution in [1.82, 2.24) is 4.98 Å². The highest BCUT2D eigenvalue weighted by molar-refractivity contribution is 6.33. The summed E-state index contributed by atoms with van der Waals surface area (Å²) in [6.07, 6.45) is -4.95. The second-order valence-corrected chi connectivity index (χ2v) is 6.06. The first-order valence-corrected chi connectivity index (χ1v) is 8.15. The monoisotopic (exact) mass is 382 g/mol. The smallest absolute Gasteiger partial charge is 0.436 e. The Morgan fingerprint density at radius 1 is 1.27 bits per heavy atom. The standard InChI is InChI=1S/C18H14ClF3N2O2/c1-3-24(17(25)18(20,21)22)11-8-10(2)15-14(9-11)23-16(26-15)12-6-4-5-7-13(12)19/h4-9H,3H2,1-2H3. The van der Waals surface area contributed by atoms with Gasteiger partial charge in [-0.1, -0.05) is 23.7 Å². The summed E-state index contributed by atoms with van der Waals surface area (Å²) in [6, 6.07) is 9.82. The molecule has 4 nitrogen and oxygen atoms in total. The van der Waals surface area contributed by atoms with Crippen LogP contribution in [0.1, 0.15) is 12.5 Å². The minimum absolute atomic E-state index is 0.110. The van der Waals surface area contributed by atoms with Gasteiger partial charge in [-0.2, -0.15) is 13.2 Å². The third-order valence-electron chi connectivity index (χ3n) is 3.88. The molecule has 0 aliphatic rings. The van der Waals surface area contributed by atoms with Crippen molar-refractivity contribution in [3.63, 3.8) is 0 Å². The number of halogens is 4. The Morgan fingerprint density at radius 3 is 2.58 bits per heavy atom. The van der Waals surface area contributed by atoms with E-state index < -0.39 is 12.1 Å². The summed E-state index contributed by atoms with van der Waals surface area (Å²) in [5.41, 5.74) is 2.03. The molecule has 0 N–H and O–H groups in total. The maximum atomic E-state index is 12.8. The quantitative estimate of drug-likeness (QED) is 0.611. The number of carbonyl (C=O) groups is 1. The fourth-order valence-corrected chi connectivity index (χ4v) is 2.90. The Hall–Kier alpha value is -2.54. The Bertz CT molecular complexity index is 982. The fraction of sp³-hybridized carbons (Fsp3) is 0.222. The maximum Gasteiger partial charge on any atom is 0.471 e. The van der Waals surface area contributed by atoms with Crippen LogP contribution in [0.5, 0.6) is 0 Å². The lowest BCUT2D eigenvalue weighted by Gasteiger charge is -2.22. The zero-order chi connectivity index (χ0) is 19.1. The normalized spacial score (nSPS) is 11.8. The number of aryl methyl sites for hydroxylation is 1. The Balaban J connectivity index is 2.11. The van der Waals surface area contributed by atoms with Crippen LogP contribution < -0.4 is 4.90 Å². The van der Waals surface area contributed by atoms with Crippen molar-refractivity contribution in [2.75, 3.05) is 11.4 Å². The minimum atomic E-state index is -4.95. The number of hydrogen-bond acceptors (Lipinski definition) is 3. The van der Waals surface area contributed by atoms with E-state index >= 15 is 0 Å². The Kier molecular flexibility index (Phi) is 4.66. The van der Waals surface area contributed by atoms with Crippen LogP contribution in [0, 0.1) is 6.92 Å². The van der Waals surface area contributed by atoms with E-state index in [1.807, 2.05) is 0 Å². The molecule has 0 atom stereocenters. The number of carbonyl (C=O) groups excluding carboxylic acids is 1. The molecule has 8 heteroatoms. The highest BCUT2D eigenvalue weighted by Gasteiger charge is 2.42. The van der Waals surface area contributed by atoms with E-state index in [1.165, 1.54) is 19.1 Å². The lowest BCUT2D eigenvalue weighted by Crippen LogP contribution is -2.41. The van der Waals surface area contributed by atoms with Crippen LogP contribution in [-0.4, -0.2) is 23.6 Å². The van der Waals surface area contributed by atoms with Crippen LogP contribution in [0.3, 0.4) is 0 Å². The lowest BCUT2D eigenvalue weighted by molar-refractivity contribution is -0.170. The first-order chi connectivity index (χ1) is 12.2. The number of aromatic nitrogens is 1. The van der Waals surface area contributed by atoms with Crippen LogP contribution >= 0.6 is 11.6 Å². The Labute approximate surface area is 152 Å². The summed E-state index contributed by atoms with van der Waals surface area (Å²) < 4.78 is 44.2. The van der Waals surface area contributed by atoms with Gasteiger partial charge in [-0.05, 0) is 43.7 Å². The number of benzene rings is 2. The van der Waals surface area contributed by atoms with Gasteiger partial charge in [0.1, 0.15) is 5.52 Å². The first kappa shape index (κ1) is 18.3. The van der Waals surface area contributed by atoms with Crippen molar-refractivity contribution >= 4 is 34.3 Å². The number of hydrogen-bond donors (Lipinski definition) is 0. The third-order valence-corrected chi connectivity index (χ3v) is 4.21. The minimum Gasteiger partial charge on any atom is -0.436 e. The molecule has 1 amide bonds. The highest BCUT2D eigenvalue weighted by Crippen LogP contribution is 2.34. The molecule has 2 aromatic carbocycles. The molecule has 0 fully saturated rings. The number of nitrogens with zero attached hydrogens (tertiary/aromatic N) is 2. The van der Waals surface area contributed by atoms with Crippen LogP contribution in [0.2, 0.25) is 5.02 Å². The molecule has 1 aromatic heterocycles. The molecule has 0 unspecified atom stereocenters. The summed E-state index contributed by atoms with van der Waals surface area (Å²) in [7, 11) is 0. The molecule has 0 bridgehead atoms. The molecule has 0 spiro atoms. The van der Waals surface area contributed by atoms with Crippen molar-refractivity contribution in [1.29, 1.82) is 0 Å². The van der Waals surface area contributed by atoms with E-state index in [4.69, 9.17) is 16.0 Å². The van der Waals surface area contributed by atoms with E-state index in [2.05, 4.69) is 4.98 Å². The van der Waals surface area contributed by atoms with Gasteiger partial charge >= 0.3 is 12.1 Å². The Morgan fingerprint density at radius 2 is 1.96 bits per heavy atom. The van der Waals surface area contributed by atoms with Gasteiger partial charge in [-0.3, -0.25) is 4.79 Å². The maximum absolute atomic E-state index is 12.8. The van der Waals surface area contributed by atoms with Gasteiger partial charge in [0, 0.05) is 12.2 Å². The molecule has 0 radical (unpaired) electrons. The molecule has 0 aliphatic heterocycles. The molecule has 0 saturated heterocycles. The van der Waals surface area contributed by atoms with Gasteiger partial charge in [0.25, 0.3) is 0 Å². The van der Waals surface area contributed by atoms with Crippen LogP contribution in [0.15, 0.2) is 40.8 Å². The third kappa shape index (κ3) is 3.26. The molecular weight excluding hydrogens is 369 g/mol. The van der Waals surface area contributed by atoms with Crippen LogP contribution in [0.4, 0.5) is 18.9 Å². The van der Waals surface area contributed by atoms with E-state index in [1.54, 1.807) is 31.2 Å². The van der Waals surface area contributed by atoms with Crippen molar-refractivity contribution in [2.45, 2.75) is 20.0 Å². The van der Waals surface area contributed by atoms with Gasteiger partial charge < -0.3 is 9.32 Å². The average molecular weight is 383 g/mol. The molecule has 3 aromatic rings. The summed E-state index contributed by atoms with van der Waals surface area (Å²) >= 11 is 6.14. The van der Waals surface area contributed by atoms with Crippen LogP contribution in [-0.2, 0) is 4.79 Å². The second kappa shape index (κ2) is 6.64. The van der Waals surface area contributed by atoms with Crippen molar-refractivity contribution < 1.29 is 22.4 Å². The molecular formula is C18H14ClF3N2O2. The van der Waals surface area contributed by atoms with E-state index in [9.17, 15) is 18.0 Å². The van der Waals surface area contributed by atoms with Gasteiger partial charge in [0.15, 0.2) is 5.58 Å². The summed E-state index contributed by atoms with van der Waals surface area (Å²) in [6.45, 7) is 3.03. The number of oxazole rings is 1. The number of rotatable bonds is 3. The SMILES string of the molecule is CCN(C(=O)C(F)(F)F)c1cc(C)c2oc(-c3ccccc3Cl)nc2c1. The molecule has 0 aliphatic carbocycles. The van der Waals surface area contributed by atoms with E-state index in [0.717, 1.165) is 0 Å². The molecule has 136 valence electrons. The second-order valence-electron chi connectivity index (χ2n) is 5.66. The number of amides is 1. The van der Waals surface area contributed by atoms with Crippen LogP contribution in [0.25, 0.3) is 22.6 Å². The summed E-state index contributed by atoms with van der Waals surface area (Å²) in [5, 5.41) is 0.444. The van der Waals surface area contributed by atoms with Crippen molar-refractivity contribution in [3.05, 3.63) is 47.0 Å². The predicted molar refractivity (Wildman–Crippen MR) is 93.3 cm³/mol. The molecule has 26 heavy (non-hydrogen) atoms. The van der Waals surface area contributed by atoms with Crippen molar-refractivity contribution in [3.8, 4) is 11.5 Å². The first-order valence-electron chi connectivity index (χ1n) is 7.77. The summed E-state index contributed by atoms with van der Waals surface area (Å²) in [4.78, 5) is 16.7. The number of alkyl halides is 3. The average Bonchev–Trinajstić information content (AvgIpc) is 2.99. The highest BCUT2D eigenvalue weighted by atomic mass is 35.5. The zero-order valence-electron chi connectivity index (χ0n) is 13.9. The largest absolute Gasteiger partial charge is 0.471 e. The summed E-state index contributed by atoms with van der Waals surface area (Å²) in [5.74, 6) is -1.66. The number of fused-ring (bicyclic) bond motifs is 1. The molecule has 1 heterocycles.